The third kappa shape index (κ3) is 1.60. The first-order valence-electron chi connectivity index (χ1n) is 4.78. The van der Waals surface area contributed by atoms with E-state index in [1.807, 2.05) is 6.07 Å². The van der Waals surface area contributed by atoms with E-state index < -0.39 is 0 Å². The van der Waals surface area contributed by atoms with Gasteiger partial charge in [0.05, 0.1) is 11.0 Å². The Labute approximate surface area is 84.0 Å². The van der Waals surface area contributed by atoms with Crippen molar-refractivity contribution in [3.63, 3.8) is 0 Å². The molecule has 1 aromatic heterocycles. The first-order chi connectivity index (χ1) is 6.57. The Balaban J connectivity index is 2.63. The summed E-state index contributed by atoms with van der Waals surface area (Å²) in [7, 11) is 0. The zero-order chi connectivity index (χ0) is 10.2. The lowest BCUT2D eigenvalue weighted by atomic mass is 9.87. The zero-order valence-corrected chi connectivity index (χ0v) is 8.78. The van der Waals surface area contributed by atoms with Crippen LogP contribution in [0.2, 0.25) is 0 Å². The Hall–Kier alpha value is -1.44. The van der Waals surface area contributed by atoms with Crippen LogP contribution in [-0.2, 0) is 5.41 Å². The molecule has 0 bridgehead atoms. The van der Waals surface area contributed by atoms with E-state index in [0.29, 0.717) is 0 Å². The number of hydrogen-bond donors (Lipinski definition) is 0. The lowest BCUT2D eigenvalue weighted by molar-refractivity contribution is 0.591. The fourth-order valence-electron chi connectivity index (χ4n) is 1.43. The fraction of sp³-hybridized carbons (Fsp3) is 0.333. The van der Waals surface area contributed by atoms with Crippen LogP contribution in [0.25, 0.3) is 11.0 Å². The lowest BCUT2D eigenvalue weighted by Crippen LogP contribution is -2.10. The third-order valence-corrected chi connectivity index (χ3v) is 2.34. The smallest absolute Gasteiger partial charge is 0.0889 e. The van der Waals surface area contributed by atoms with Crippen molar-refractivity contribution in [1.29, 1.82) is 0 Å². The van der Waals surface area contributed by atoms with Crippen molar-refractivity contribution in [2.75, 3.05) is 0 Å². The average Bonchev–Trinajstić information content (AvgIpc) is 2.16. The van der Waals surface area contributed by atoms with Crippen molar-refractivity contribution < 1.29 is 0 Å². The topological polar surface area (TPSA) is 25.8 Å². The Morgan fingerprint density at radius 1 is 0.929 bits per heavy atom. The highest BCUT2D eigenvalue weighted by molar-refractivity contribution is 5.74. The molecule has 0 saturated carbocycles. The summed E-state index contributed by atoms with van der Waals surface area (Å²) in [6.45, 7) is 6.60. The normalized spacial score (nSPS) is 11.9. The molecular weight excluding hydrogens is 172 g/mol. The molecule has 0 spiro atoms. The fourth-order valence-corrected chi connectivity index (χ4v) is 1.43. The predicted octanol–water partition coefficient (Wildman–Crippen LogP) is 2.93. The van der Waals surface area contributed by atoms with Gasteiger partial charge in [0.2, 0.25) is 0 Å². The Morgan fingerprint density at radius 2 is 1.57 bits per heavy atom. The van der Waals surface area contributed by atoms with Gasteiger partial charge in [-0.15, -0.1) is 0 Å². The maximum atomic E-state index is 4.29. The molecule has 2 heteroatoms. The molecule has 1 aromatic carbocycles. The summed E-state index contributed by atoms with van der Waals surface area (Å²) in [4.78, 5) is 8.53. The molecule has 0 fully saturated rings. The molecule has 0 N–H and O–H groups in total. The summed E-state index contributed by atoms with van der Waals surface area (Å²) >= 11 is 0. The van der Waals surface area contributed by atoms with E-state index in [-0.39, 0.29) is 5.41 Å². The van der Waals surface area contributed by atoms with Gasteiger partial charge in [-0.3, -0.25) is 9.97 Å². The lowest BCUT2D eigenvalue weighted by Gasteiger charge is -2.18. The number of benzene rings is 1. The van der Waals surface area contributed by atoms with Crippen molar-refractivity contribution in [3.05, 3.63) is 36.2 Å². The van der Waals surface area contributed by atoms with Gasteiger partial charge >= 0.3 is 0 Å². The van der Waals surface area contributed by atoms with E-state index in [4.69, 9.17) is 0 Å². The van der Waals surface area contributed by atoms with E-state index >= 15 is 0 Å². The summed E-state index contributed by atoms with van der Waals surface area (Å²) in [6, 6.07) is 6.27. The van der Waals surface area contributed by atoms with E-state index in [1.165, 1.54) is 5.56 Å². The van der Waals surface area contributed by atoms with Gasteiger partial charge < -0.3 is 0 Å². The molecule has 0 aliphatic carbocycles. The zero-order valence-electron chi connectivity index (χ0n) is 8.78. The molecule has 0 atom stereocenters. The quantitative estimate of drug-likeness (QED) is 0.632. The van der Waals surface area contributed by atoms with Gasteiger partial charge in [0, 0.05) is 12.4 Å². The summed E-state index contributed by atoms with van der Waals surface area (Å²) < 4.78 is 0. The largest absolute Gasteiger partial charge is 0.253 e. The molecular formula is C12H14N2. The molecule has 2 rings (SSSR count). The monoisotopic (exact) mass is 186 g/mol. The molecule has 0 unspecified atom stereocenters. The number of aromatic nitrogens is 2. The summed E-state index contributed by atoms with van der Waals surface area (Å²) in [5, 5.41) is 0. The second-order valence-corrected chi connectivity index (χ2v) is 4.51. The van der Waals surface area contributed by atoms with E-state index in [0.717, 1.165) is 11.0 Å². The molecule has 0 aliphatic rings. The molecule has 0 radical (unpaired) electrons. The SMILES string of the molecule is CC(C)(C)c1ccc2nccnc2c1. The number of hydrogen-bond acceptors (Lipinski definition) is 2. The maximum absolute atomic E-state index is 4.29. The van der Waals surface area contributed by atoms with Crippen LogP contribution in [0.15, 0.2) is 30.6 Å². The van der Waals surface area contributed by atoms with E-state index in [1.54, 1.807) is 12.4 Å². The number of rotatable bonds is 0. The van der Waals surface area contributed by atoms with Crippen LogP contribution in [0.5, 0.6) is 0 Å². The van der Waals surface area contributed by atoms with Gasteiger partial charge in [0.15, 0.2) is 0 Å². The van der Waals surface area contributed by atoms with Crippen LogP contribution in [0.4, 0.5) is 0 Å². The van der Waals surface area contributed by atoms with Crippen LogP contribution < -0.4 is 0 Å². The number of fused-ring (bicyclic) bond motifs is 1. The van der Waals surface area contributed by atoms with Crippen LogP contribution >= 0.6 is 0 Å². The summed E-state index contributed by atoms with van der Waals surface area (Å²) in [5.41, 5.74) is 3.40. The Bertz CT molecular complexity index is 455. The van der Waals surface area contributed by atoms with Gasteiger partial charge in [-0.05, 0) is 23.1 Å². The minimum atomic E-state index is 0.172. The van der Waals surface area contributed by atoms with Crippen molar-refractivity contribution in [2.24, 2.45) is 0 Å². The molecule has 72 valence electrons. The van der Waals surface area contributed by atoms with E-state index in [9.17, 15) is 0 Å². The van der Waals surface area contributed by atoms with Gasteiger partial charge in [-0.1, -0.05) is 26.8 Å². The van der Waals surface area contributed by atoms with Gasteiger partial charge in [0.25, 0.3) is 0 Å². The van der Waals surface area contributed by atoms with E-state index in [2.05, 4.69) is 42.9 Å². The minimum Gasteiger partial charge on any atom is -0.253 e. The second-order valence-electron chi connectivity index (χ2n) is 4.51. The molecule has 2 aromatic rings. The molecule has 0 saturated heterocycles. The Kier molecular flexibility index (Phi) is 1.99. The van der Waals surface area contributed by atoms with Crippen LogP contribution in [0, 0.1) is 0 Å². The third-order valence-electron chi connectivity index (χ3n) is 2.34. The van der Waals surface area contributed by atoms with Crippen LogP contribution in [0.3, 0.4) is 0 Å². The predicted molar refractivity (Wildman–Crippen MR) is 58.2 cm³/mol. The highest BCUT2D eigenvalue weighted by Crippen LogP contribution is 2.24. The Morgan fingerprint density at radius 3 is 2.21 bits per heavy atom. The second kappa shape index (κ2) is 3.05. The minimum absolute atomic E-state index is 0.172. The highest BCUT2D eigenvalue weighted by Gasteiger charge is 2.13. The van der Waals surface area contributed by atoms with Gasteiger partial charge in [-0.25, -0.2) is 0 Å². The maximum Gasteiger partial charge on any atom is 0.0889 e. The van der Waals surface area contributed by atoms with Gasteiger partial charge in [0.1, 0.15) is 0 Å². The van der Waals surface area contributed by atoms with Crippen molar-refractivity contribution in [3.8, 4) is 0 Å². The van der Waals surface area contributed by atoms with Crippen LogP contribution in [0.1, 0.15) is 26.3 Å². The average molecular weight is 186 g/mol. The summed E-state index contributed by atoms with van der Waals surface area (Å²) in [6.07, 6.45) is 3.45. The van der Waals surface area contributed by atoms with Crippen molar-refractivity contribution in [2.45, 2.75) is 26.2 Å². The van der Waals surface area contributed by atoms with Crippen LogP contribution in [-0.4, -0.2) is 9.97 Å². The van der Waals surface area contributed by atoms with Crippen molar-refractivity contribution in [1.82, 2.24) is 9.97 Å². The van der Waals surface area contributed by atoms with Gasteiger partial charge in [-0.2, -0.15) is 0 Å². The molecule has 0 amide bonds. The number of nitrogens with zero attached hydrogens (tertiary/aromatic N) is 2. The summed E-state index contributed by atoms with van der Waals surface area (Å²) in [5.74, 6) is 0. The first-order valence-corrected chi connectivity index (χ1v) is 4.78. The molecule has 14 heavy (non-hydrogen) atoms. The molecule has 1 heterocycles. The highest BCUT2D eigenvalue weighted by atomic mass is 14.8. The first kappa shape index (κ1) is 9.13. The standard InChI is InChI=1S/C12H14N2/c1-12(2,3)9-4-5-10-11(8-9)14-7-6-13-10/h4-8H,1-3H3. The molecule has 0 aliphatic heterocycles. The molecule has 2 nitrogen and oxygen atoms in total. The van der Waals surface area contributed by atoms with Crippen molar-refractivity contribution >= 4 is 11.0 Å².